The molecule has 6 heteroatoms. The lowest BCUT2D eigenvalue weighted by atomic mass is 10.1. The topological polar surface area (TPSA) is 48.1 Å². The van der Waals surface area contributed by atoms with Gasteiger partial charge < -0.3 is 10.5 Å². The summed E-state index contributed by atoms with van der Waals surface area (Å²) in [6.07, 6.45) is -2.51. The zero-order valence-corrected chi connectivity index (χ0v) is 9.82. The van der Waals surface area contributed by atoms with Crippen LogP contribution in [0.3, 0.4) is 0 Å². The van der Waals surface area contributed by atoms with Crippen molar-refractivity contribution in [2.24, 2.45) is 0 Å². The van der Waals surface area contributed by atoms with E-state index in [9.17, 15) is 13.2 Å². The lowest BCUT2D eigenvalue weighted by molar-refractivity contribution is -0.274. The van der Waals surface area contributed by atoms with Gasteiger partial charge >= 0.3 is 6.36 Å². The van der Waals surface area contributed by atoms with Crippen molar-refractivity contribution in [1.29, 1.82) is 0 Å². The molecule has 100 valence electrons. The van der Waals surface area contributed by atoms with Crippen molar-refractivity contribution < 1.29 is 17.9 Å². The second-order valence-corrected chi connectivity index (χ2v) is 3.96. The van der Waals surface area contributed by atoms with E-state index in [0.717, 1.165) is 11.1 Å². The fourth-order valence-electron chi connectivity index (χ4n) is 1.65. The Morgan fingerprint density at radius 3 is 2.32 bits per heavy atom. The smallest absolute Gasteiger partial charge is 0.406 e. The SMILES string of the molecule is Nc1cc(Cc2ccc(OC(F)(F)F)cc2)ccn1. The number of alkyl halides is 3. The number of nitrogens with two attached hydrogens (primary N) is 1. The van der Waals surface area contributed by atoms with Crippen LogP contribution in [0.4, 0.5) is 19.0 Å². The number of halogens is 3. The van der Waals surface area contributed by atoms with Gasteiger partial charge in [-0.25, -0.2) is 4.98 Å². The zero-order valence-electron chi connectivity index (χ0n) is 9.82. The van der Waals surface area contributed by atoms with Gasteiger partial charge in [0.2, 0.25) is 0 Å². The summed E-state index contributed by atoms with van der Waals surface area (Å²) >= 11 is 0. The molecular formula is C13H11F3N2O. The first-order valence-corrected chi connectivity index (χ1v) is 5.47. The molecule has 3 nitrogen and oxygen atoms in total. The Morgan fingerprint density at radius 2 is 1.74 bits per heavy atom. The summed E-state index contributed by atoms with van der Waals surface area (Å²) in [5, 5.41) is 0. The normalized spacial score (nSPS) is 11.3. The van der Waals surface area contributed by atoms with Crippen molar-refractivity contribution in [2.75, 3.05) is 5.73 Å². The van der Waals surface area contributed by atoms with Gasteiger partial charge in [0, 0.05) is 6.20 Å². The first-order chi connectivity index (χ1) is 8.92. The number of ether oxygens (including phenoxy) is 1. The Labute approximate surface area is 107 Å². The van der Waals surface area contributed by atoms with Crippen LogP contribution in [0.2, 0.25) is 0 Å². The molecule has 0 saturated heterocycles. The monoisotopic (exact) mass is 268 g/mol. The fourth-order valence-corrected chi connectivity index (χ4v) is 1.65. The Bertz CT molecular complexity index is 553. The molecule has 0 radical (unpaired) electrons. The molecule has 0 bridgehead atoms. The van der Waals surface area contributed by atoms with E-state index in [-0.39, 0.29) is 5.75 Å². The number of nitrogens with zero attached hydrogens (tertiary/aromatic N) is 1. The molecule has 0 aliphatic rings. The van der Waals surface area contributed by atoms with Crippen LogP contribution in [0.1, 0.15) is 11.1 Å². The minimum absolute atomic E-state index is 0.231. The minimum atomic E-state index is -4.67. The Balaban J connectivity index is 2.07. The van der Waals surface area contributed by atoms with Crippen molar-refractivity contribution in [2.45, 2.75) is 12.8 Å². The molecule has 1 aromatic heterocycles. The highest BCUT2D eigenvalue weighted by molar-refractivity contribution is 5.36. The van der Waals surface area contributed by atoms with Gasteiger partial charge in [0.25, 0.3) is 0 Å². The fraction of sp³-hybridized carbons (Fsp3) is 0.154. The van der Waals surface area contributed by atoms with Crippen molar-refractivity contribution >= 4 is 5.82 Å². The van der Waals surface area contributed by atoms with Gasteiger partial charge in [-0.1, -0.05) is 12.1 Å². The van der Waals surface area contributed by atoms with Gasteiger partial charge in [-0.3, -0.25) is 0 Å². The molecule has 2 rings (SSSR count). The molecule has 0 atom stereocenters. The molecule has 0 aliphatic heterocycles. The van der Waals surface area contributed by atoms with E-state index in [1.807, 2.05) is 0 Å². The highest BCUT2D eigenvalue weighted by Crippen LogP contribution is 2.23. The molecular weight excluding hydrogens is 257 g/mol. The molecule has 19 heavy (non-hydrogen) atoms. The molecule has 1 aromatic carbocycles. The third-order valence-corrected chi connectivity index (χ3v) is 2.41. The van der Waals surface area contributed by atoms with Crippen LogP contribution in [0.25, 0.3) is 0 Å². The zero-order chi connectivity index (χ0) is 13.9. The van der Waals surface area contributed by atoms with Crippen LogP contribution in [0, 0.1) is 0 Å². The first kappa shape index (κ1) is 13.2. The van der Waals surface area contributed by atoms with Crippen molar-refractivity contribution in [3.63, 3.8) is 0 Å². The number of rotatable bonds is 3. The van der Waals surface area contributed by atoms with Crippen molar-refractivity contribution in [3.05, 3.63) is 53.7 Å². The molecule has 0 spiro atoms. The quantitative estimate of drug-likeness (QED) is 0.930. The summed E-state index contributed by atoms with van der Waals surface area (Å²) in [6, 6.07) is 9.26. The summed E-state index contributed by atoms with van der Waals surface area (Å²) in [5.74, 6) is 0.181. The number of hydrogen-bond donors (Lipinski definition) is 1. The molecule has 0 aliphatic carbocycles. The number of anilines is 1. The lowest BCUT2D eigenvalue weighted by Crippen LogP contribution is -2.17. The molecule has 2 aromatic rings. The number of nitrogen functional groups attached to an aromatic ring is 1. The van der Waals surface area contributed by atoms with E-state index in [0.29, 0.717) is 12.2 Å². The predicted molar refractivity (Wildman–Crippen MR) is 64.6 cm³/mol. The summed E-state index contributed by atoms with van der Waals surface area (Å²) in [5.41, 5.74) is 7.35. The third-order valence-electron chi connectivity index (χ3n) is 2.41. The van der Waals surface area contributed by atoms with Crippen LogP contribution in [-0.2, 0) is 6.42 Å². The van der Waals surface area contributed by atoms with Gasteiger partial charge in [-0.15, -0.1) is 13.2 Å². The van der Waals surface area contributed by atoms with Gasteiger partial charge in [-0.2, -0.15) is 0 Å². The van der Waals surface area contributed by atoms with Gasteiger partial charge in [0.1, 0.15) is 11.6 Å². The van der Waals surface area contributed by atoms with E-state index >= 15 is 0 Å². The highest BCUT2D eigenvalue weighted by Gasteiger charge is 2.30. The number of benzene rings is 1. The standard InChI is InChI=1S/C13H11F3N2O/c14-13(15,16)19-11-3-1-9(2-4-11)7-10-5-6-18-12(17)8-10/h1-6,8H,7H2,(H2,17,18). The average Bonchev–Trinajstić information content (AvgIpc) is 2.30. The predicted octanol–water partition coefficient (Wildman–Crippen LogP) is 3.15. The van der Waals surface area contributed by atoms with Crippen LogP contribution >= 0.6 is 0 Å². The molecule has 1 heterocycles. The van der Waals surface area contributed by atoms with Gasteiger partial charge in [0.15, 0.2) is 0 Å². The van der Waals surface area contributed by atoms with Crippen molar-refractivity contribution in [1.82, 2.24) is 4.98 Å². The van der Waals surface area contributed by atoms with Crippen molar-refractivity contribution in [3.8, 4) is 5.75 Å². The number of pyridine rings is 1. The van der Waals surface area contributed by atoms with Crippen LogP contribution in [0.5, 0.6) is 5.75 Å². The molecule has 0 unspecified atom stereocenters. The molecule has 0 amide bonds. The molecule has 0 fully saturated rings. The van der Waals surface area contributed by atoms with E-state index in [1.165, 1.54) is 12.1 Å². The molecule has 0 saturated carbocycles. The second-order valence-electron chi connectivity index (χ2n) is 3.96. The lowest BCUT2D eigenvalue weighted by Gasteiger charge is -2.09. The summed E-state index contributed by atoms with van der Waals surface area (Å²) < 4.78 is 39.8. The number of aromatic nitrogens is 1. The Kier molecular flexibility index (Phi) is 3.59. The largest absolute Gasteiger partial charge is 0.573 e. The summed E-state index contributed by atoms with van der Waals surface area (Å²) in [6.45, 7) is 0. The van der Waals surface area contributed by atoms with E-state index < -0.39 is 6.36 Å². The maximum atomic E-state index is 12.0. The van der Waals surface area contributed by atoms with Crippen LogP contribution in [-0.4, -0.2) is 11.3 Å². The van der Waals surface area contributed by atoms with E-state index in [2.05, 4.69) is 9.72 Å². The number of hydrogen-bond acceptors (Lipinski definition) is 3. The molecule has 2 N–H and O–H groups in total. The Morgan fingerprint density at radius 1 is 1.05 bits per heavy atom. The summed E-state index contributed by atoms with van der Waals surface area (Å²) in [4.78, 5) is 3.87. The summed E-state index contributed by atoms with van der Waals surface area (Å²) in [7, 11) is 0. The maximum Gasteiger partial charge on any atom is 0.573 e. The minimum Gasteiger partial charge on any atom is -0.406 e. The maximum absolute atomic E-state index is 12.0. The highest BCUT2D eigenvalue weighted by atomic mass is 19.4. The van der Waals surface area contributed by atoms with Gasteiger partial charge in [-0.05, 0) is 41.8 Å². The van der Waals surface area contributed by atoms with Crippen LogP contribution < -0.4 is 10.5 Å². The second kappa shape index (κ2) is 5.17. The van der Waals surface area contributed by atoms with Crippen LogP contribution in [0.15, 0.2) is 42.6 Å². The Hall–Kier alpha value is -2.24. The first-order valence-electron chi connectivity index (χ1n) is 5.47. The average molecular weight is 268 g/mol. The van der Waals surface area contributed by atoms with E-state index in [4.69, 9.17) is 5.73 Å². The van der Waals surface area contributed by atoms with Gasteiger partial charge in [0.05, 0.1) is 0 Å². The third kappa shape index (κ3) is 4.17. The van der Waals surface area contributed by atoms with E-state index in [1.54, 1.807) is 30.5 Å².